The summed E-state index contributed by atoms with van der Waals surface area (Å²) in [6.45, 7) is 12.0. The molecule has 10 atom stereocenters. The van der Waals surface area contributed by atoms with Crippen molar-refractivity contribution in [2.75, 3.05) is 40.4 Å². The Morgan fingerprint density at radius 3 is 1.47 bits per heavy atom. The van der Waals surface area contributed by atoms with Crippen molar-refractivity contribution in [2.24, 2.45) is 23.7 Å². The van der Waals surface area contributed by atoms with Crippen molar-refractivity contribution in [3.63, 3.8) is 0 Å². The molecule has 324 valence electrons. The van der Waals surface area contributed by atoms with Crippen molar-refractivity contribution >= 4 is 33.4 Å². The van der Waals surface area contributed by atoms with Crippen LogP contribution in [0.2, 0.25) is 0 Å². The molecule has 6 saturated heterocycles. The van der Waals surface area contributed by atoms with E-state index < -0.39 is 12.2 Å². The number of nitrogens with zero attached hydrogens (tertiary/aromatic N) is 4. The lowest BCUT2D eigenvalue weighted by Crippen LogP contribution is -2.55. The van der Waals surface area contributed by atoms with E-state index in [1.807, 2.05) is 73.1 Å². The molecule has 4 bridgehead atoms. The molecule has 2 aromatic heterocycles. The highest BCUT2D eigenvalue weighted by atomic mass is 16.5. The number of methoxy groups -OCH3 is 2. The molecule has 8 heterocycles. The Morgan fingerprint density at radius 1 is 0.625 bits per heavy atom. The number of carbonyl (C=O) groups excluding carboxylic acids is 2. The van der Waals surface area contributed by atoms with Crippen LogP contribution in [0.5, 0.6) is 23.0 Å². The monoisotopic (exact) mass is 852 g/mol. The number of carbonyl (C=O) groups is 2. The summed E-state index contributed by atoms with van der Waals surface area (Å²) in [5.41, 5.74) is 4.66. The van der Waals surface area contributed by atoms with Crippen molar-refractivity contribution in [3.8, 4) is 23.0 Å². The number of hydrogen-bond acceptors (Lipinski definition) is 10. The molecule has 13 rings (SSSR count). The van der Waals surface area contributed by atoms with Crippen LogP contribution in [0.1, 0.15) is 80.9 Å². The van der Waals surface area contributed by atoms with Crippen LogP contribution in [0.15, 0.2) is 123 Å². The van der Waals surface area contributed by atoms with Gasteiger partial charge in [-0.05, 0) is 123 Å². The lowest BCUT2D eigenvalue weighted by atomic mass is 9.73. The highest BCUT2D eigenvalue weighted by Gasteiger charge is 2.47. The van der Waals surface area contributed by atoms with Gasteiger partial charge >= 0.3 is 0 Å². The molecule has 10 nitrogen and oxygen atoms in total. The quantitative estimate of drug-likeness (QED) is 0.111. The highest BCUT2D eigenvalue weighted by molar-refractivity contribution is 6.30. The summed E-state index contributed by atoms with van der Waals surface area (Å²) >= 11 is 0. The van der Waals surface area contributed by atoms with Gasteiger partial charge in [-0.25, -0.2) is 0 Å². The predicted molar refractivity (Wildman–Crippen MR) is 247 cm³/mol. The largest absolute Gasteiger partial charge is 0.497 e. The molecule has 0 spiro atoms. The maximum atomic E-state index is 15.1. The SMILES string of the molecule is C=C[C@H]1CN2CC[C@H]1C[C@H]2[C@H](Oc1ccc(O[C@H](c2ccnc3ccc(OC)cc23)[C@@H]2C[C@@H]3CCN2C[C@@H]3C=C)c2c1C(=O)c1ccccc1C2=O)c1ccnc2ccc(OC)cc12. The summed E-state index contributed by atoms with van der Waals surface area (Å²) in [7, 11) is 3.32. The molecule has 1 aliphatic carbocycles. The number of piperidine rings is 6. The number of aromatic nitrogens is 2. The number of rotatable bonds is 12. The van der Waals surface area contributed by atoms with Crippen molar-refractivity contribution < 1.29 is 28.5 Å². The van der Waals surface area contributed by atoms with Crippen LogP contribution in [-0.2, 0) is 0 Å². The van der Waals surface area contributed by atoms with Gasteiger partial charge in [-0.2, -0.15) is 0 Å². The molecule has 6 fully saturated rings. The fourth-order valence-corrected chi connectivity index (χ4v) is 11.8. The van der Waals surface area contributed by atoms with Crippen LogP contribution in [0.4, 0.5) is 0 Å². The first-order valence-electron chi connectivity index (χ1n) is 22.6. The van der Waals surface area contributed by atoms with Gasteiger partial charge < -0.3 is 18.9 Å². The molecular weight excluding hydrogens is 801 g/mol. The van der Waals surface area contributed by atoms with Crippen LogP contribution in [0.25, 0.3) is 21.8 Å². The number of fused-ring (bicyclic) bond motifs is 10. The lowest BCUT2D eigenvalue weighted by Gasteiger charge is -2.51. The van der Waals surface area contributed by atoms with Gasteiger partial charge in [0.15, 0.2) is 11.6 Å². The Hall–Kier alpha value is -6.36. The van der Waals surface area contributed by atoms with E-state index in [1.54, 1.807) is 38.5 Å². The number of hydrogen-bond donors (Lipinski definition) is 0. The molecule has 4 aromatic carbocycles. The summed E-state index contributed by atoms with van der Waals surface area (Å²) in [4.78, 5) is 44.7. The summed E-state index contributed by atoms with van der Waals surface area (Å²) in [5.74, 6) is 3.28. The minimum Gasteiger partial charge on any atom is -0.497 e. The zero-order valence-electron chi connectivity index (χ0n) is 36.3. The second kappa shape index (κ2) is 16.3. The van der Waals surface area contributed by atoms with Crippen molar-refractivity contribution in [1.82, 2.24) is 19.8 Å². The molecular formula is C54H52N4O6. The molecule has 0 amide bonds. The average Bonchev–Trinajstić information content (AvgIpc) is 3.36. The van der Waals surface area contributed by atoms with Gasteiger partial charge in [0.2, 0.25) is 0 Å². The third-order valence-corrected chi connectivity index (χ3v) is 15.1. The first kappa shape index (κ1) is 40.4. The van der Waals surface area contributed by atoms with E-state index in [0.717, 1.165) is 84.8 Å². The zero-order valence-corrected chi connectivity index (χ0v) is 36.3. The average molecular weight is 853 g/mol. The molecule has 0 N–H and O–H groups in total. The van der Waals surface area contributed by atoms with Crippen LogP contribution in [0, 0.1) is 23.7 Å². The standard InChI is InChI=1S/C54H52N4O6/c1-5-31-29-57-23-19-33(31)25-45(57)53(39-17-21-55-43-13-11-35(61-3)27-41(39)43)63-47-15-16-48(50-49(47)51(59)37-9-7-8-10-38(37)52(50)60)64-54(46-26-34-20-24-58(46)30-32(34)6-2)40-18-22-56-44-14-12-36(62-4)28-42(40)44/h5-18,21-22,27-28,31-34,45-46,53-54H,1-2,19-20,23-26,29-30H2,3-4H3/t31-,32-,33-,34-,45-,46-,53+,54+/m0/s1. The highest BCUT2D eigenvalue weighted by Crippen LogP contribution is 2.49. The van der Waals surface area contributed by atoms with Crippen LogP contribution < -0.4 is 18.9 Å². The Morgan fingerprint density at radius 2 is 1.08 bits per heavy atom. The third-order valence-electron chi connectivity index (χ3n) is 15.1. The zero-order chi connectivity index (χ0) is 43.6. The molecule has 7 aliphatic rings. The number of benzene rings is 4. The summed E-state index contributed by atoms with van der Waals surface area (Å²) in [5, 5.41) is 1.83. The normalized spacial score (nSPS) is 26.5. The van der Waals surface area contributed by atoms with Gasteiger partial charge in [0.05, 0.1) is 48.5 Å². The molecule has 10 heteroatoms. The van der Waals surface area contributed by atoms with Gasteiger partial charge in [-0.15, -0.1) is 13.2 Å². The fraction of sp³-hybridized carbons (Fsp3) is 0.333. The Balaban J connectivity index is 1.07. The topological polar surface area (TPSA) is 103 Å². The number of pyridine rings is 2. The fourth-order valence-electron chi connectivity index (χ4n) is 11.8. The maximum Gasteiger partial charge on any atom is 0.198 e. The van der Waals surface area contributed by atoms with E-state index in [2.05, 4.69) is 35.1 Å². The van der Waals surface area contributed by atoms with Gasteiger partial charge in [0, 0.05) is 58.5 Å². The first-order chi connectivity index (χ1) is 31.3. The van der Waals surface area contributed by atoms with Crippen LogP contribution >= 0.6 is 0 Å². The van der Waals surface area contributed by atoms with Gasteiger partial charge in [-0.3, -0.25) is 29.4 Å². The maximum absolute atomic E-state index is 15.1. The predicted octanol–water partition coefficient (Wildman–Crippen LogP) is 9.61. The van der Waals surface area contributed by atoms with Gasteiger partial charge in [-0.1, -0.05) is 36.4 Å². The lowest BCUT2D eigenvalue weighted by molar-refractivity contribution is -0.0368. The summed E-state index contributed by atoms with van der Waals surface area (Å²) < 4.78 is 26.2. The molecule has 6 aromatic rings. The van der Waals surface area contributed by atoms with E-state index >= 15 is 9.59 Å². The Kier molecular flexibility index (Phi) is 10.3. The number of ether oxygens (including phenoxy) is 4. The Bertz CT molecular complexity index is 2670. The summed E-state index contributed by atoms with van der Waals surface area (Å²) in [6.07, 6.45) is 10.8. The van der Waals surface area contributed by atoms with Crippen LogP contribution in [-0.4, -0.2) is 83.8 Å². The minimum absolute atomic E-state index is 0.0171. The third kappa shape index (κ3) is 6.68. The van der Waals surface area contributed by atoms with E-state index in [0.29, 0.717) is 57.8 Å². The molecule has 0 radical (unpaired) electrons. The van der Waals surface area contributed by atoms with E-state index in [1.165, 1.54) is 0 Å². The van der Waals surface area contributed by atoms with E-state index in [9.17, 15) is 0 Å². The second-order valence-corrected chi connectivity index (χ2v) is 18.2. The van der Waals surface area contributed by atoms with Crippen molar-refractivity contribution in [2.45, 2.75) is 50.0 Å². The number of ketones is 2. The molecule has 2 unspecified atom stereocenters. The van der Waals surface area contributed by atoms with Gasteiger partial charge in [0.1, 0.15) is 35.2 Å². The van der Waals surface area contributed by atoms with Crippen molar-refractivity contribution in [3.05, 3.63) is 156 Å². The minimum atomic E-state index is -0.517. The van der Waals surface area contributed by atoms with Gasteiger partial charge in [0.25, 0.3) is 0 Å². The molecule has 0 saturated carbocycles. The molecule has 64 heavy (non-hydrogen) atoms. The smallest absolute Gasteiger partial charge is 0.198 e. The van der Waals surface area contributed by atoms with E-state index in [4.69, 9.17) is 28.9 Å². The van der Waals surface area contributed by atoms with E-state index in [-0.39, 0.29) is 34.8 Å². The Labute approximate surface area is 373 Å². The van der Waals surface area contributed by atoms with Crippen LogP contribution in [0.3, 0.4) is 0 Å². The first-order valence-corrected chi connectivity index (χ1v) is 22.6. The second-order valence-electron chi connectivity index (χ2n) is 18.2. The molecule has 6 aliphatic heterocycles. The van der Waals surface area contributed by atoms with Crippen molar-refractivity contribution in [1.29, 1.82) is 0 Å². The summed E-state index contributed by atoms with van der Waals surface area (Å²) in [6, 6.07) is 26.6.